The van der Waals surface area contributed by atoms with Crippen molar-refractivity contribution in [3.8, 4) is 17.0 Å². The minimum atomic E-state index is -0.970. The summed E-state index contributed by atoms with van der Waals surface area (Å²) in [5.41, 5.74) is 1.61. The molecular formula is C14H16N2O3. The van der Waals surface area contributed by atoms with E-state index in [-0.39, 0.29) is 5.69 Å². The van der Waals surface area contributed by atoms with Crippen LogP contribution in [-0.4, -0.2) is 28.0 Å². The summed E-state index contributed by atoms with van der Waals surface area (Å²) in [6.45, 7) is 2.56. The lowest BCUT2D eigenvalue weighted by molar-refractivity contribution is 0.0683. The summed E-state index contributed by atoms with van der Waals surface area (Å²) in [7, 11) is 1.58. The standard InChI is InChI=1S/C14H16N2O3/c1-3-8-16-12(14(17)18)9-11(15-16)10-6-4-5-7-13(10)19-2/h4-7,9H,3,8H2,1-2H3,(H,17,18). The van der Waals surface area contributed by atoms with Gasteiger partial charge >= 0.3 is 5.97 Å². The molecule has 0 amide bonds. The number of methoxy groups -OCH3 is 1. The van der Waals surface area contributed by atoms with E-state index in [0.717, 1.165) is 12.0 Å². The maximum Gasteiger partial charge on any atom is 0.354 e. The van der Waals surface area contributed by atoms with Crippen LogP contribution >= 0.6 is 0 Å². The van der Waals surface area contributed by atoms with Crippen molar-refractivity contribution in [1.82, 2.24) is 9.78 Å². The lowest BCUT2D eigenvalue weighted by Gasteiger charge is -2.05. The van der Waals surface area contributed by atoms with Crippen molar-refractivity contribution in [3.63, 3.8) is 0 Å². The molecule has 2 rings (SSSR count). The van der Waals surface area contributed by atoms with Gasteiger partial charge in [0.15, 0.2) is 0 Å². The van der Waals surface area contributed by atoms with Crippen LogP contribution < -0.4 is 4.74 Å². The molecule has 1 N–H and O–H groups in total. The van der Waals surface area contributed by atoms with Gasteiger partial charge in [0.1, 0.15) is 11.4 Å². The molecule has 1 aromatic heterocycles. The summed E-state index contributed by atoms with van der Waals surface area (Å²) in [5.74, 6) is -0.289. The molecule has 0 spiro atoms. The van der Waals surface area contributed by atoms with Gasteiger partial charge in [0.2, 0.25) is 0 Å². The Labute approximate surface area is 111 Å². The molecule has 0 aliphatic carbocycles. The summed E-state index contributed by atoms with van der Waals surface area (Å²) in [6, 6.07) is 9.01. The molecule has 0 aliphatic rings. The minimum Gasteiger partial charge on any atom is -0.496 e. The third kappa shape index (κ3) is 2.59. The highest BCUT2D eigenvalue weighted by Crippen LogP contribution is 2.29. The number of aromatic nitrogens is 2. The van der Waals surface area contributed by atoms with Gasteiger partial charge in [-0.05, 0) is 24.6 Å². The zero-order valence-corrected chi connectivity index (χ0v) is 11.0. The number of ether oxygens (including phenoxy) is 1. The average Bonchev–Trinajstić information content (AvgIpc) is 2.83. The van der Waals surface area contributed by atoms with Crippen molar-refractivity contribution in [2.24, 2.45) is 0 Å². The monoisotopic (exact) mass is 260 g/mol. The second kappa shape index (κ2) is 5.56. The van der Waals surface area contributed by atoms with Crippen molar-refractivity contribution in [1.29, 1.82) is 0 Å². The highest BCUT2D eigenvalue weighted by molar-refractivity contribution is 5.87. The molecule has 0 fully saturated rings. The maximum absolute atomic E-state index is 11.2. The summed E-state index contributed by atoms with van der Waals surface area (Å²) in [4.78, 5) is 11.2. The van der Waals surface area contributed by atoms with Gasteiger partial charge in [-0.15, -0.1) is 0 Å². The van der Waals surface area contributed by atoms with Crippen molar-refractivity contribution in [2.75, 3.05) is 7.11 Å². The number of carbonyl (C=O) groups is 1. The van der Waals surface area contributed by atoms with Crippen molar-refractivity contribution in [3.05, 3.63) is 36.0 Å². The van der Waals surface area contributed by atoms with Gasteiger partial charge < -0.3 is 9.84 Å². The molecular weight excluding hydrogens is 244 g/mol. The number of nitrogens with zero attached hydrogens (tertiary/aromatic N) is 2. The normalized spacial score (nSPS) is 10.4. The third-order valence-corrected chi connectivity index (χ3v) is 2.82. The molecule has 0 atom stereocenters. The first-order chi connectivity index (χ1) is 9.17. The predicted molar refractivity (Wildman–Crippen MR) is 71.5 cm³/mol. The van der Waals surface area contributed by atoms with E-state index in [1.165, 1.54) is 4.68 Å². The van der Waals surface area contributed by atoms with Crippen LogP contribution in [-0.2, 0) is 6.54 Å². The van der Waals surface area contributed by atoms with Crippen LogP contribution in [0.5, 0.6) is 5.75 Å². The van der Waals surface area contributed by atoms with E-state index in [1.807, 2.05) is 31.2 Å². The van der Waals surface area contributed by atoms with Crippen molar-refractivity contribution in [2.45, 2.75) is 19.9 Å². The highest BCUT2D eigenvalue weighted by atomic mass is 16.5. The Morgan fingerprint density at radius 3 is 2.79 bits per heavy atom. The van der Waals surface area contributed by atoms with E-state index in [4.69, 9.17) is 4.74 Å². The number of aromatic carboxylic acids is 1. The van der Waals surface area contributed by atoms with Crippen LogP contribution in [0.1, 0.15) is 23.8 Å². The van der Waals surface area contributed by atoms with Gasteiger partial charge in [0.25, 0.3) is 0 Å². The topological polar surface area (TPSA) is 64.4 Å². The molecule has 5 nitrogen and oxygen atoms in total. The van der Waals surface area contributed by atoms with Crippen LogP contribution in [0, 0.1) is 0 Å². The summed E-state index contributed by atoms with van der Waals surface area (Å²) < 4.78 is 6.79. The highest BCUT2D eigenvalue weighted by Gasteiger charge is 2.16. The molecule has 19 heavy (non-hydrogen) atoms. The minimum absolute atomic E-state index is 0.197. The SMILES string of the molecule is CCCn1nc(-c2ccccc2OC)cc1C(=O)O. The fourth-order valence-corrected chi connectivity index (χ4v) is 1.96. The molecule has 0 saturated heterocycles. The number of benzene rings is 1. The molecule has 0 unspecified atom stereocenters. The van der Waals surface area contributed by atoms with E-state index >= 15 is 0 Å². The molecule has 5 heteroatoms. The van der Waals surface area contributed by atoms with Gasteiger partial charge in [-0.3, -0.25) is 4.68 Å². The zero-order valence-electron chi connectivity index (χ0n) is 11.0. The number of aryl methyl sites for hydroxylation is 1. The first kappa shape index (κ1) is 13.1. The van der Waals surface area contributed by atoms with E-state index in [0.29, 0.717) is 18.0 Å². The van der Waals surface area contributed by atoms with Crippen LogP contribution in [0.3, 0.4) is 0 Å². The number of carboxylic acids is 1. The number of rotatable bonds is 5. The molecule has 2 aromatic rings. The second-order valence-corrected chi connectivity index (χ2v) is 4.14. The zero-order chi connectivity index (χ0) is 13.8. The lowest BCUT2D eigenvalue weighted by atomic mass is 10.1. The fourth-order valence-electron chi connectivity index (χ4n) is 1.96. The van der Waals surface area contributed by atoms with E-state index < -0.39 is 5.97 Å². The quantitative estimate of drug-likeness (QED) is 0.897. The van der Waals surface area contributed by atoms with E-state index in [9.17, 15) is 9.90 Å². The summed E-state index contributed by atoms with van der Waals surface area (Å²) in [5, 5.41) is 13.5. The lowest BCUT2D eigenvalue weighted by Crippen LogP contribution is -2.09. The van der Waals surface area contributed by atoms with Crippen LogP contribution in [0.4, 0.5) is 0 Å². The van der Waals surface area contributed by atoms with Crippen LogP contribution in [0.15, 0.2) is 30.3 Å². The molecule has 1 aromatic carbocycles. The van der Waals surface area contributed by atoms with Crippen molar-refractivity contribution < 1.29 is 14.6 Å². The molecule has 0 radical (unpaired) electrons. The first-order valence-corrected chi connectivity index (χ1v) is 6.12. The Morgan fingerprint density at radius 2 is 2.16 bits per heavy atom. The predicted octanol–water partition coefficient (Wildman–Crippen LogP) is 2.67. The van der Waals surface area contributed by atoms with Gasteiger partial charge in [-0.25, -0.2) is 4.79 Å². The number of carboxylic acid groups (broad SMARTS) is 1. The Hall–Kier alpha value is -2.30. The van der Waals surface area contributed by atoms with E-state index in [1.54, 1.807) is 13.2 Å². The summed E-state index contributed by atoms with van der Waals surface area (Å²) in [6.07, 6.45) is 0.827. The Morgan fingerprint density at radius 1 is 1.42 bits per heavy atom. The smallest absolute Gasteiger partial charge is 0.354 e. The fraction of sp³-hybridized carbons (Fsp3) is 0.286. The number of hydrogen-bond donors (Lipinski definition) is 1. The molecule has 1 heterocycles. The molecule has 0 aliphatic heterocycles. The Balaban J connectivity index is 2.51. The second-order valence-electron chi connectivity index (χ2n) is 4.14. The summed E-state index contributed by atoms with van der Waals surface area (Å²) >= 11 is 0. The van der Waals surface area contributed by atoms with Crippen LogP contribution in [0.25, 0.3) is 11.3 Å². The molecule has 0 bridgehead atoms. The molecule has 100 valence electrons. The van der Waals surface area contributed by atoms with Crippen LogP contribution in [0.2, 0.25) is 0 Å². The molecule has 0 saturated carbocycles. The average molecular weight is 260 g/mol. The van der Waals surface area contributed by atoms with E-state index in [2.05, 4.69) is 5.10 Å². The van der Waals surface area contributed by atoms with Gasteiger partial charge in [0, 0.05) is 12.1 Å². The number of para-hydroxylation sites is 1. The van der Waals surface area contributed by atoms with Gasteiger partial charge in [0.05, 0.1) is 12.8 Å². The Kier molecular flexibility index (Phi) is 3.85. The number of hydrogen-bond acceptors (Lipinski definition) is 3. The maximum atomic E-state index is 11.2. The Bertz CT molecular complexity index is 590. The van der Waals surface area contributed by atoms with Gasteiger partial charge in [-0.1, -0.05) is 19.1 Å². The first-order valence-electron chi connectivity index (χ1n) is 6.12. The van der Waals surface area contributed by atoms with Crippen molar-refractivity contribution >= 4 is 5.97 Å². The largest absolute Gasteiger partial charge is 0.496 e. The van der Waals surface area contributed by atoms with Gasteiger partial charge in [-0.2, -0.15) is 5.10 Å². The third-order valence-electron chi connectivity index (χ3n) is 2.82.